The number of piperidine rings is 1. The summed E-state index contributed by atoms with van der Waals surface area (Å²) >= 11 is 3.08. The molecule has 1 fully saturated rings. The Labute approximate surface area is 254 Å². The van der Waals surface area contributed by atoms with Gasteiger partial charge in [-0.15, -0.1) is 11.3 Å². The smallest absolute Gasteiger partial charge is 0.234 e. The van der Waals surface area contributed by atoms with Crippen LogP contribution in [0.4, 0.5) is 15.3 Å². The van der Waals surface area contributed by atoms with Crippen LogP contribution >= 0.6 is 22.7 Å². The number of rotatable bonds is 9. The molecule has 0 aliphatic carbocycles. The molecule has 0 unspecified atom stereocenters. The van der Waals surface area contributed by atoms with Crippen LogP contribution in [0.15, 0.2) is 30.5 Å². The molecule has 11 heteroatoms. The van der Waals surface area contributed by atoms with Crippen molar-refractivity contribution in [3.8, 4) is 17.3 Å². The van der Waals surface area contributed by atoms with Crippen LogP contribution in [0, 0.1) is 22.6 Å². The van der Waals surface area contributed by atoms with Gasteiger partial charge in [-0.2, -0.15) is 5.26 Å². The summed E-state index contributed by atoms with van der Waals surface area (Å²) in [5, 5.41) is 13.6. The van der Waals surface area contributed by atoms with E-state index in [1.807, 2.05) is 0 Å². The summed E-state index contributed by atoms with van der Waals surface area (Å²) in [5.74, 6) is 1.18. The number of imidazole rings is 1. The minimum Gasteiger partial charge on any atom is -0.354 e. The number of anilines is 2. The molecule has 5 rings (SSSR count). The van der Waals surface area contributed by atoms with Crippen molar-refractivity contribution >= 4 is 44.5 Å². The molecule has 1 N–H and O–H groups in total. The highest BCUT2D eigenvalue weighted by molar-refractivity contribution is 7.17. The predicted octanol–water partition coefficient (Wildman–Crippen LogP) is 6.59. The molecular weight excluding hydrogens is 570 g/mol. The van der Waals surface area contributed by atoms with Crippen molar-refractivity contribution in [3.05, 3.63) is 51.7 Å². The van der Waals surface area contributed by atoms with Gasteiger partial charge in [-0.3, -0.25) is 14.1 Å². The lowest BCUT2D eigenvalue weighted by atomic mass is 9.95. The van der Waals surface area contributed by atoms with Crippen LogP contribution in [0.1, 0.15) is 68.8 Å². The molecule has 222 valence electrons. The van der Waals surface area contributed by atoms with Gasteiger partial charge in [0.05, 0.1) is 12.2 Å². The number of thiazole rings is 2. The maximum atomic E-state index is 13.5. The molecular formula is C31H38FN7OS2. The molecule has 0 saturated carbocycles. The summed E-state index contributed by atoms with van der Waals surface area (Å²) in [6, 6.07) is 8.39. The molecule has 8 nitrogen and oxygen atoms in total. The van der Waals surface area contributed by atoms with E-state index in [0.717, 1.165) is 59.5 Å². The molecule has 0 bridgehead atoms. The third kappa shape index (κ3) is 6.51. The van der Waals surface area contributed by atoms with E-state index < -0.39 is 0 Å². The van der Waals surface area contributed by atoms with E-state index in [4.69, 9.17) is 9.97 Å². The van der Waals surface area contributed by atoms with Crippen molar-refractivity contribution in [2.24, 2.45) is 5.41 Å². The van der Waals surface area contributed by atoms with Crippen molar-refractivity contribution < 1.29 is 9.18 Å². The quantitative estimate of drug-likeness (QED) is 0.231. The first-order valence-electron chi connectivity index (χ1n) is 14.5. The summed E-state index contributed by atoms with van der Waals surface area (Å²) in [6.07, 6.45) is 5.00. The second-order valence-corrected chi connectivity index (χ2v) is 14.0. The van der Waals surface area contributed by atoms with Crippen molar-refractivity contribution in [2.75, 3.05) is 37.6 Å². The Hall–Kier alpha value is -3.33. The molecule has 3 aromatic heterocycles. The van der Waals surface area contributed by atoms with Crippen molar-refractivity contribution in [1.29, 1.82) is 5.26 Å². The van der Waals surface area contributed by atoms with Crippen LogP contribution in [-0.2, 0) is 11.2 Å². The Kier molecular flexibility index (Phi) is 8.97. The molecule has 4 heterocycles. The molecule has 0 radical (unpaired) electrons. The number of nitrogens with zero attached hydrogens (tertiary/aromatic N) is 6. The lowest BCUT2D eigenvalue weighted by Crippen LogP contribution is -2.43. The second kappa shape index (κ2) is 12.5. The van der Waals surface area contributed by atoms with Crippen molar-refractivity contribution in [3.63, 3.8) is 0 Å². The van der Waals surface area contributed by atoms with Gasteiger partial charge in [0.25, 0.3) is 0 Å². The molecule has 4 aromatic rings. The monoisotopic (exact) mass is 607 g/mol. The Morgan fingerprint density at radius 1 is 1.17 bits per heavy atom. The summed E-state index contributed by atoms with van der Waals surface area (Å²) in [7, 11) is 0. The molecule has 0 spiro atoms. The maximum Gasteiger partial charge on any atom is 0.234 e. The van der Waals surface area contributed by atoms with E-state index in [2.05, 4.69) is 66.4 Å². The summed E-state index contributed by atoms with van der Waals surface area (Å²) < 4.78 is 15.7. The first-order valence-corrected chi connectivity index (χ1v) is 16.2. The van der Waals surface area contributed by atoms with Gasteiger partial charge >= 0.3 is 0 Å². The van der Waals surface area contributed by atoms with Gasteiger partial charge in [-0.05, 0) is 74.9 Å². The maximum absolute atomic E-state index is 13.5. The number of carbonyl (C=O) groups is 1. The zero-order valence-electron chi connectivity index (χ0n) is 24.9. The Balaban J connectivity index is 1.36. The van der Waals surface area contributed by atoms with Gasteiger partial charge in [0, 0.05) is 29.7 Å². The molecule has 0 atom stereocenters. The van der Waals surface area contributed by atoms with Gasteiger partial charge in [0.2, 0.25) is 5.91 Å². The zero-order valence-corrected chi connectivity index (χ0v) is 26.5. The lowest BCUT2D eigenvalue weighted by Gasteiger charge is -2.31. The zero-order chi connectivity index (χ0) is 30.0. The minimum absolute atomic E-state index is 0.0751. The van der Waals surface area contributed by atoms with E-state index in [-0.39, 0.29) is 17.1 Å². The van der Waals surface area contributed by atoms with E-state index in [1.165, 1.54) is 28.3 Å². The molecule has 1 aromatic carbocycles. The Bertz CT molecular complexity index is 1580. The predicted molar refractivity (Wildman–Crippen MR) is 168 cm³/mol. The highest BCUT2D eigenvalue weighted by Crippen LogP contribution is 2.40. The minimum atomic E-state index is -0.322. The Morgan fingerprint density at radius 3 is 2.50 bits per heavy atom. The molecule has 1 aliphatic heterocycles. The topological polar surface area (TPSA) is 89.6 Å². The molecule has 1 amide bonds. The number of likely N-dealkylation sites (tertiary alicyclic amines) is 1. The normalized spacial score (nSPS) is 14.8. The van der Waals surface area contributed by atoms with E-state index in [0.29, 0.717) is 36.1 Å². The number of nitrogens with one attached hydrogen (secondary N) is 1. The third-order valence-electron chi connectivity index (χ3n) is 7.53. The summed E-state index contributed by atoms with van der Waals surface area (Å²) in [6.45, 7) is 14.1. The lowest BCUT2D eigenvalue weighted by molar-refractivity contribution is -0.122. The first-order chi connectivity index (χ1) is 20.1. The van der Waals surface area contributed by atoms with Crippen molar-refractivity contribution in [2.45, 2.75) is 59.8 Å². The van der Waals surface area contributed by atoms with Gasteiger partial charge in [0.15, 0.2) is 10.1 Å². The van der Waals surface area contributed by atoms with Crippen LogP contribution < -0.4 is 10.2 Å². The van der Waals surface area contributed by atoms with Crippen LogP contribution in [-0.4, -0.2) is 57.9 Å². The van der Waals surface area contributed by atoms with Crippen molar-refractivity contribution in [1.82, 2.24) is 24.6 Å². The van der Waals surface area contributed by atoms with E-state index in [1.54, 1.807) is 23.5 Å². The number of amides is 1. The van der Waals surface area contributed by atoms with E-state index in [9.17, 15) is 14.4 Å². The number of halogens is 1. The van der Waals surface area contributed by atoms with Gasteiger partial charge in [-0.1, -0.05) is 39.0 Å². The standard InChI is InChI=1S/C31H38FN7OS2/c1-6-23-28(38(7-2)30-36-27(24(16-33)41-30)21-8-10-22(32)11-9-21)39-17-25(42-29(39)35-23)20-12-14-37(15-13-20)18-26(40)34-19-31(3,4)5/h8-11,17,20H,6-7,12-15,18-19H2,1-5H3,(H,34,40). The number of aryl methyl sites for hydroxylation is 1. The Morgan fingerprint density at radius 2 is 1.88 bits per heavy atom. The van der Waals surface area contributed by atoms with Gasteiger partial charge in [0.1, 0.15) is 28.3 Å². The van der Waals surface area contributed by atoms with Crippen LogP contribution in [0.2, 0.25) is 0 Å². The van der Waals surface area contributed by atoms with Crippen LogP contribution in [0.5, 0.6) is 0 Å². The SMILES string of the molecule is CCc1nc2sc(C3CCN(CC(=O)NCC(C)(C)C)CC3)cn2c1N(CC)c1nc(-c2ccc(F)cc2)c(C#N)s1. The fourth-order valence-corrected chi connectivity index (χ4v) is 7.40. The highest BCUT2D eigenvalue weighted by atomic mass is 32.1. The molecule has 1 saturated heterocycles. The third-order valence-corrected chi connectivity index (χ3v) is 9.66. The average Bonchev–Trinajstić information content (AvgIpc) is 3.67. The van der Waals surface area contributed by atoms with Crippen LogP contribution in [0.3, 0.4) is 0 Å². The first kappa shape index (κ1) is 30.1. The number of hydrogen-bond acceptors (Lipinski definition) is 8. The average molecular weight is 608 g/mol. The number of benzene rings is 1. The molecule has 1 aliphatic rings. The number of fused-ring (bicyclic) bond motifs is 1. The van der Waals surface area contributed by atoms with Gasteiger partial charge in [-0.25, -0.2) is 14.4 Å². The summed E-state index contributed by atoms with van der Waals surface area (Å²) in [5.41, 5.74) is 2.35. The fourth-order valence-electron chi connectivity index (χ4n) is 5.29. The number of carbonyl (C=O) groups excluding carboxylic acids is 1. The van der Waals surface area contributed by atoms with Gasteiger partial charge < -0.3 is 10.2 Å². The fraction of sp³-hybridized carbons (Fsp3) is 0.484. The number of aromatic nitrogens is 3. The highest BCUT2D eigenvalue weighted by Gasteiger charge is 2.28. The summed E-state index contributed by atoms with van der Waals surface area (Å²) in [4.78, 5) is 29.4. The second-order valence-electron chi connectivity index (χ2n) is 11.9. The largest absolute Gasteiger partial charge is 0.354 e. The van der Waals surface area contributed by atoms with Crippen LogP contribution in [0.25, 0.3) is 16.2 Å². The number of hydrogen-bond donors (Lipinski definition) is 1. The van der Waals surface area contributed by atoms with E-state index >= 15 is 0 Å². The molecule has 42 heavy (non-hydrogen) atoms. The number of nitriles is 1.